The Kier molecular flexibility index (Phi) is 3.26. The summed E-state index contributed by atoms with van der Waals surface area (Å²) in [5, 5.41) is 15.0. The molecule has 6 heteroatoms. The summed E-state index contributed by atoms with van der Waals surface area (Å²) in [5.74, 6) is 1.13. The number of benzene rings is 1. The van der Waals surface area contributed by atoms with Crippen LogP contribution in [-0.4, -0.2) is 34.8 Å². The lowest BCUT2D eigenvalue weighted by Crippen LogP contribution is -2.40. The summed E-state index contributed by atoms with van der Waals surface area (Å²) < 4.78 is 5.35. The standard InChI is InChI=1S/C20H20N2O4/c1-2-26-16-7-10(3-6-15(16)23)9-21-22-19(24)17-11-4-5-12(14-8-13(11)14)18(17)20(22)25/h3-7,9,11-14,17-18,23H,2,8H2,1H3/b21-9+/t11-,12+,13+,14-,17+,18-. The van der Waals surface area contributed by atoms with Gasteiger partial charge in [0.05, 0.1) is 24.7 Å². The lowest BCUT2D eigenvalue weighted by molar-refractivity contribution is -0.140. The van der Waals surface area contributed by atoms with Gasteiger partial charge in [-0.2, -0.15) is 10.1 Å². The van der Waals surface area contributed by atoms with Gasteiger partial charge < -0.3 is 9.84 Å². The fraction of sp³-hybridized carbons (Fsp3) is 0.450. The van der Waals surface area contributed by atoms with Crippen LogP contribution >= 0.6 is 0 Å². The molecule has 6 nitrogen and oxygen atoms in total. The van der Waals surface area contributed by atoms with E-state index in [9.17, 15) is 14.7 Å². The van der Waals surface area contributed by atoms with Crippen molar-refractivity contribution in [2.75, 3.05) is 6.61 Å². The molecule has 134 valence electrons. The number of nitrogens with zero attached hydrogens (tertiary/aromatic N) is 2. The predicted octanol–water partition coefficient (Wildman–Crippen LogP) is 2.18. The topological polar surface area (TPSA) is 79.2 Å². The number of imide groups is 1. The van der Waals surface area contributed by atoms with E-state index in [4.69, 9.17) is 4.74 Å². The Morgan fingerprint density at radius 2 is 1.85 bits per heavy atom. The summed E-state index contributed by atoms with van der Waals surface area (Å²) in [4.78, 5) is 25.7. The second-order valence-electron chi connectivity index (χ2n) is 7.55. The lowest BCUT2D eigenvalue weighted by Gasteiger charge is -2.37. The molecule has 4 aliphatic carbocycles. The summed E-state index contributed by atoms with van der Waals surface area (Å²) in [6.45, 7) is 2.26. The van der Waals surface area contributed by atoms with Crippen LogP contribution in [-0.2, 0) is 9.59 Å². The molecule has 1 aliphatic heterocycles. The molecule has 1 N–H and O–H groups in total. The minimum atomic E-state index is -0.239. The molecule has 26 heavy (non-hydrogen) atoms. The maximum Gasteiger partial charge on any atom is 0.254 e. The first-order valence-electron chi connectivity index (χ1n) is 9.16. The van der Waals surface area contributed by atoms with Gasteiger partial charge in [-0.15, -0.1) is 0 Å². The van der Waals surface area contributed by atoms with Crippen LogP contribution in [0.4, 0.5) is 0 Å². The van der Waals surface area contributed by atoms with Gasteiger partial charge in [0.2, 0.25) is 0 Å². The number of amides is 2. The molecule has 2 bridgehead atoms. The first kappa shape index (κ1) is 15.6. The number of hydrazone groups is 1. The second kappa shape index (κ2) is 5.43. The van der Waals surface area contributed by atoms with Gasteiger partial charge in [0.1, 0.15) is 0 Å². The number of carbonyl (C=O) groups is 2. The van der Waals surface area contributed by atoms with E-state index in [1.54, 1.807) is 12.1 Å². The Balaban J connectivity index is 1.40. The monoisotopic (exact) mass is 352 g/mol. The Hall–Kier alpha value is -2.63. The Labute approximate surface area is 151 Å². The lowest BCUT2D eigenvalue weighted by atomic mass is 9.63. The van der Waals surface area contributed by atoms with E-state index >= 15 is 0 Å². The molecular formula is C20H20N2O4. The highest BCUT2D eigenvalue weighted by atomic mass is 16.5. The Morgan fingerprint density at radius 1 is 1.19 bits per heavy atom. The van der Waals surface area contributed by atoms with Crippen molar-refractivity contribution in [1.82, 2.24) is 5.01 Å². The van der Waals surface area contributed by atoms with Gasteiger partial charge in [-0.3, -0.25) is 9.59 Å². The van der Waals surface area contributed by atoms with Crippen molar-refractivity contribution < 1.29 is 19.4 Å². The van der Waals surface area contributed by atoms with Gasteiger partial charge in [0.15, 0.2) is 11.5 Å². The van der Waals surface area contributed by atoms with E-state index in [0.717, 1.165) is 11.4 Å². The van der Waals surface area contributed by atoms with Crippen LogP contribution in [0.15, 0.2) is 35.5 Å². The summed E-state index contributed by atoms with van der Waals surface area (Å²) in [7, 11) is 0. The molecule has 5 aliphatic rings. The van der Waals surface area contributed by atoms with Crippen LogP contribution in [0.2, 0.25) is 0 Å². The number of hydrogen-bond donors (Lipinski definition) is 1. The molecule has 0 radical (unpaired) electrons. The molecule has 6 rings (SSSR count). The average molecular weight is 352 g/mol. The molecular weight excluding hydrogens is 332 g/mol. The fourth-order valence-corrected chi connectivity index (χ4v) is 5.06. The summed E-state index contributed by atoms with van der Waals surface area (Å²) in [6.07, 6.45) is 6.91. The number of ether oxygens (including phenoxy) is 1. The van der Waals surface area contributed by atoms with Crippen molar-refractivity contribution in [1.29, 1.82) is 0 Å². The van der Waals surface area contributed by atoms with Gasteiger partial charge in [-0.1, -0.05) is 12.2 Å². The number of hydrogen-bond acceptors (Lipinski definition) is 5. The quantitative estimate of drug-likeness (QED) is 0.512. The van der Waals surface area contributed by atoms with Gasteiger partial charge in [-0.25, -0.2) is 0 Å². The van der Waals surface area contributed by atoms with Crippen LogP contribution in [0.3, 0.4) is 0 Å². The number of allylic oxidation sites excluding steroid dienone is 2. The van der Waals surface area contributed by atoms with E-state index in [0.29, 0.717) is 29.8 Å². The molecule has 3 fully saturated rings. The van der Waals surface area contributed by atoms with Gasteiger partial charge in [0, 0.05) is 0 Å². The Bertz CT molecular complexity index is 825. The van der Waals surface area contributed by atoms with Crippen molar-refractivity contribution in [3.63, 3.8) is 0 Å². The summed E-state index contributed by atoms with van der Waals surface area (Å²) in [6, 6.07) is 4.82. The highest BCUT2D eigenvalue weighted by molar-refractivity contribution is 6.06. The number of aromatic hydroxyl groups is 1. The average Bonchev–Trinajstić information content (AvgIpc) is 3.42. The minimum Gasteiger partial charge on any atom is -0.504 e. The maximum absolute atomic E-state index is 12.8. The molecule has 2 amide bonds. The normalized spacial score (nSPS) is 36.6. The third kappa shape index (κ3) is 2.08. The molecule has 1 saturated heterocycles. The second-order valence-corrected chi connectivity index (χ2v) is 7.55. The largest absolute Gasteiger partial charge is 0.504 e. The zero-order valence-electron chi connectivity index (χ0n) is 14.4. The summed E-state index contributed by atoms with van der Waals surface area (Å²) >= 11 is 0. The molecule has 1 heterocycles. The van der Waals surface area contributed by atoms with E-state index in [2.05, 4.69) is 17.3 Å². The van der Waals surface area contributed by atoms with E-state index in [-0.39, 0.29) is 41.2 Å². The van der Waals surface area contributed by atoms with Crippen LogP contribution in [0, 0.1) is 35.5 Å². The molecule has 1 aromatic rings. The molecule has 0 unspecified atom stereocenters. The van der Waals surface area contributed by atoms with Gasteiger partial charge in [0.25, 0.3) is 11.8 Å². The van der Waals surface area contributed by atoms with Crippen LogP contribution in [0.1, 0.15) is 18.9 Å². The minimum absolute atomic E-state index is 0.0465. The first-order valence-corrected chi connectivity index (χ1v) is 9.16. The van der Waals surface area contributed by atoms with Crippen molar-refractivity contribution >= 4 is 18.0 Å². The first-order chi connectivity index (χ1) is 12.6. The highest BCUT2D eigenvalue weighted by Gasteiger charge is 2.67. The van der Waals surface area contributed by atoms with E-state index in [1.165, 1.54) is 12.3 Å². The SMILES string of the molecule is CCOc1cc(/C=N/N2C(=O)[C@@H]3[C@H]4C=C[C@H]([C@@H]5C[C@H]45)[C@@H]3C2=O)ccc1O. The molecule has 0 spiro atoms. The molecule has 6 atom stereocenters. The Morgan fingerprint density at radius 3 is 2.46 bits per heavy atom. The fourth-order valence-electron chi connectivity index (χ4n) is 5.06. The van der Waals surface area contributed by atoms with Crippen molar-refractivity contribution in [2.24, 2.45) is 40.6 Å². The van der Waals surface area contributed by atoms with E-state index in [1.807, 2.05) is 6.92 Å². The van der Waals surface area contributed by atoms with Crippen LogP contribution in [0.25, 0.3) is 0 Å². The van der Waals surface area contributed by atoms with Crippen molar-refractivity contribution in [3.8, 4) is 11.5 Å². The van der Waals surface area contributed by atoms with Crippen molar-refractivity contribution in [3.05, 3.63) is 35.9 Å². The third-order valence-corrected chi connectivity index (χ3v) is 6.25. The molecule has 0 aromatic heterocycles. The van der Waals surface area contributed by atoms with E-state index < -0.39 is 0 Å². The summed E-state index contributed by atoms with van der Waals surface area (Å²) in [5.41, 5.74) is 0.658. The maximum atomic E-state index is 12.8. The number of phenolic OH excluding ortho intramolecular Hbond substituents is 1. The number of carbonyl (C=O) groups excluding carboxylic acids is 2. The molecule has 2 saturated carbocycles. The van der Waals surface area contributed by atoms with Gasteiger partial charge >= 0.3 is 0 Å². The number of rotatable bonds is 4. The smallest absolute Gasteiger partial charge is 0.254 e. The zero-order valence-corrected chi connectivity index (χ0v) is 14.4. The zero-order chi connectivity index (χ0) is 18.0. The predicted molar refractivity (Wildman–Crippen MR) is 93.4 cm³/mol. The van der Waals surface area contributed by atoms with Crippen molar-refractivity contribution in [2.45, 2.75) is 13.3 Å². The van der Waals surface area contributed by atoms with Gasteiger partial charge in [-0.05, 0) is 60.8 Å². The molecule has 1 aromatic carbocycles. The third-order valence-electron chi connectivity index (χ3n) is 6.25. The van der Waals surface area contributed by atoms with Crippen LogP contribution < -0.4 is 4.74 Å². The number of phenols is 1. The highest BCUT2D eigenvalue weighted by Crippen LogP contribution is 2.65. The van der Waals surface area contributed by atoms with Crippen LogP contribution in [0.5, 0.6) is 11.5 Å².